The van der Waals surface area contributed by atoms with Crippen LogP contribution in [0.3, 0.4) is 0 Å². The SMILES string of the molecule is CCc1cnc2ccc(-c3ccccc3C(F)(F)F)nn12.CCc1cnc2ccc(Cl)nn12.O=C=O.O=C=O. The first-order valence-electron chi connectivity index (χ1n) is 11.1. The van der Waals surface area contributed by atoms with Crippen LogP contribution < -0.4 is 0 Å². The van der Waals surface area contributed by atoms with Gasteiger partial charge < -0.3 is 0 Å². The Bertz CT molecular complexity index is 1590. The third-order valence-electron chi connectivity index (χ3n) is 5.07. The summed E-state index contributed by atoms with van der Waals surface area (Å²) in [7, 11) is 0. The molecule has 0 atom stereocenters. The summed E-state index contributed by atoms with van der Waals surface area (Å²) >= 11 is 5.74. The number of fused-ring (bicyclic) bond motifs is 2. The zero-order chi connectivity index (χ0) is 29.0. The standard InChI is InChI=1S/C15H12F3N3.C8H8ClN3.2CO2/c1-2-10-9-19-14-8-7-13(20-21(10)14)11-5-3-4-6-12(11)15(16,17)18;1-2-6-5-10-8-4-3-7(9)11-12(6)8;2*2-1-3/h3-9H,2H2,1H3;3-5H,2H2,1H3;;. The molecule has 5 rings (SSSR count). The van der Waals surface area contributed by atoms with E-state index < -0.39 is 11.7 Å². The largest absolute Gasteiger partial charge is 0.417 e. The van der Waals surface area contributed by atoms with Gasteiger partial charge in [-0.05, 0) is 43.2 Å². The first-order valence-corrected chi connectivity index (χ1v) is 11.5. The van der Waals surface area contributed by atoms with E-state index in [1.165, 1.54) is 12.1 Å². The van der Waals surface area contributed by atoms with Gasteiger partial charge in [0.15, 0.2) is 11.3 Å². The molecule has 0 fully saturated rings. The average Bonchev–Trinajstić information content (AvgIpc) is 3.52. The molecule has 4 aromatic heterocycles. The second-order valence-electron chi connectivity index (χ2n) is 7.33. The lowest BCUT2D eigenvalue weighted by Gasteiger charge is -2.12. The maximum absolute atomic E-state index is 13.1. The molecule has 10 nitrogen and oxygen atoms in total. The lowest BCUT2D eigenvalue weighted by molar-refractivity contribution is -0.193. The number of nitrogens with zero attached hydrogens (tertiary/aromatic N) is 6. The molecule has 14 heteroatoms. The Morgan fingerprint density at radius 2 is 1.26 bits per heavy atom. The van der Waals surface area contributed by atoms with Gasteiger partial charge in [-0.2, -0.15) is 42.5 Å². The Morgan fingerprint density at radius 3 is 1.77 bits per heavy atom. The van der Waals surface area contributed by atoms with Gasteiger partial charge in [0, 0.05) is 5.56 Å². The Kier molecular flexibility index (Phi) is 11.2. The molecular formula is C25H20ClF3N6O4. The maximum atomic E-state index is 13.1. The van der Waals surface area contributed by atoms with Crippen LogP contribution in [0.2, 0.25) is 5.15 Å². The monoisotopic (exact) mass is 560 g/mol. The number of alkyl halides is 3. The van der Waals surface area contributed by atoms with E-state index >= 15 is 0 Å². The summed E-state index contributed by atoms with van der Waals surface area (Å²) < 4.78 is 42.6. The smallest absolute Gasteiger partial charge is 0.235 e. The predicted octanol–water partition coefficient (Wildman–Crippen LogP) is 4.76. The molecule has 0 amide bonds. The molecule has 4 heterocycles. The number of halogens is 4. The van der Waals surface area contributed by atoms with Gasteiger partial charge >= 0.3 is 18.5 Å². The van der Waals surface area contributed by atoms with Gasteiger partial charge in [-0.15, -0.1) is 0 Å². The van der Waals surface area contributed by atoms with Crippen LogP contribution in [-0.4, -0.2) is 41.5 Å². The highest BCUT2D eigenvalue weighted by Crippen LogP contribution is 2.36. The van der Waals surface area contributed by atoms with Crippen molar-refractivity contribution in [3.8, 4) is 11.3 Å². The first-order chi connectivity index (χ1) is 18.6. The van der Waals surface area contributed by atoms with Crippen molar-refractivity contribution in [2.24, 2.45) is 0 Å². The molecule has 0 aliphatic heterocycles. The summed E-state index contributed by atoms with van der Waals surface area (Å²) in [5, 5.41) is 8.93. The van der Waals surface area contributed by atoms with E-state index in [1.807, 2.05) is 19.2 Å². The first kappa shape index (κ1) is 30.5. The van der Waals surface area contributed by atoms with Crippen molar-refractivity contribution in [2.75, 3.05) is 0 Å². The Balaban J connectivity index is 0.000000249. The molecule has 1 aromatic carbocycles. The van der Waals surface area contributed by atoms with Crippen LogP contribution >= 0.6 is 11.6 Å². The summed E-state index contributed by atoms with van der Waals surface area (Å²) in [5.74, 6) is 0. The van der Waals surface area contributed by atoms with Gasteiger partial charge in [0.25, 0.3) is 0 Å². The predicted molar refractivity (Wildman–Crippen MR) is 130 cm³/mol. The number of imidazole rings is 2. The van der Waals surface area contributed by atoms with Crippen molar-refractivity contribution in [2.45, 2.75) is 32.9 Å². The highest BCUT2D eigenvalue weighted by Gasteiger charge is 2.33. The molecule has 0 unspecified atom stereocenters. The summed E-state index contributed by atoms with van der Waals surface area (Å²) in [5.41, 5.74) is 3.07. The lowest BCUT2D eigenvalue weighted by atomic mass is 10.0. The highest BCUT2D eigenvalue weighted by molar-refractivity contribution is 6.29. The van der Waals surface area contributed by atoms with Crippen LogP contribution in [0.4, 0.5) is 13.2 Å². The van der Waals surface area contributed by atoms with Crippen LogP contribution in [-0.2, 0) is 38.2 Å². The number of hydrogen-bond acceptors (Lipinski definition) is 8. The van der Waals surface area contributed by atoms with E-state index in [4.69, 9.17) is 30.8 Å². The number of aryl methyl sites for hydroxylation is 2. The third kappa shape index (κ3) is 7.89. The van der Waals surface area contributed by atoms with Crippen molar-refractivity contribution in [1.29, 1.82) is 0 Å². The zero-order valence-corrected chi connectivity index (χ0v) is 21.3. The topological polar surface area (TPSA) is 129 Å². The zero-order valence-electron chi connectivity index (χ0n) is 20.5. The molecular weight excluding hydrogens is 541 g/mol. The average molecular weight is 561 g/mol. The number of benzene rings is 1. The molecule has 0 saturated heterocycles. The van der Waals surface area contributed by atoms with E-state index in [-0.39, 0.29) is 23.6 Å². The van der Waals surface area contributed by atoms with E-state index in [0.717, 1.165) is 29.5 Å². The minimum atomic E-state index is -4.41. The lowest BCUT2D eigenvalue weighted by Crippen LogP contribution is -2.08. The second kappa shape index (κ2) is 14.3. The van der Waals surface area contributed by atoms with Crippen molar-refractivity contribution in [1.82, 2.24) is 29.2 Å². The van der Waals surface area contributed by atoms with Crippen molar-refractivity contribution >= 4 is 35.2 Å². The van der Waals surface area contributed by atoms with Crippen molar-refractivity contribution in [3.05, 3.63) is 83.0 Å². The Hall–Kier alpha value is -4.70. The van der Waals surface area contributed by atoms with E-state index in [9.17, 15) is 13.2 Å². The Morgan fingerprint density at radius 1 is 0.769 bits per heavy atom. The van der Waals surface area contributed by atoms with Gasteiger partial charge in [-0.25, -0.2) is 19.0 Å². The molecule has 5 aromatic rings. The summed E-state index contributed by atoms with van der Waals surface area (Å²) in [4.78, 5) is 40.8. The van der Waals surface area contributed by atoms with Crippen LogP contribution in [0.1, 0.15) is 30.8 Å². The van der Waals surface area contributed by atoms with Crippen LogP contribution in [0, 0.1) is 0 Å². The summed E-state index contributed by atoms with van der Waals surface area (Å²) in [6, 6.07) is 12.3. The number of aromatic nitrogens is 6. The van der Waals surface area contributed by atoms with Gasteiger partial charge in [0.05, 0.1) is 35.0 Å². The fourth-order valence-corrected chi connectivity index (χ4v) is 3.54. The minimum absolute atomic E-state index is 0.0719. The van der Waals surface area contributed by atoms with Gasteiger partial charge in [0.1, 0.15) is 5.15 Å². The van der Waals surface area contributed by atoms with Gasteiger partial charge in [-0.1, -0.05) is 43.6 Å². The molecule has 0 aliphatic carbocycles. The molecule has 39 heavy (non-hydrogen) atoms. The van der Waals surface area contributed by atoms with Gasteiger partial charge in [-0.3, -0.25) is 0 Å². The number of rotatable bonds is 3. The molecule has 0 saturated carbocycles. The molecule has 0 N–H and O–H groups in total. The molecule has 0 aliphatic rings. The van der Waals surface area contributed by atoms with E-state index in [1.54, 1.807) is 39.5 Å². The van der Waals surface area contributed by atoms with Crippen molar-refractivity contribution in [3.63, 3.8) is 0 Å². The molecule has 0 bridgehead atoms. The second-order valence-corrected chi connectivity index (χ2v) is 7.72. The fraction of sp³-hybridized carbons (Fsp3) is 0.200. The van der Waals surface area contributed by atoms with Crippen LogP contribution in [0.15, 0.2) is 60.9 Å². The Labute approximate surface area is 224 Å². The van der Waals surface area contributed by atoms with Crippen LogP contribution in [0.5, 0.6) is 0 Å². The van der Waals surface area contributed by atoms with E-state index in [0.29, 0.717) is 17.2 Å². The maximum Gasteiger partial charge on any atom is 0.417 e. The summed E-state index contributed by atoms with van der Waals surface area (Å²) in [6.07, 6.45) is 1.21. The highest BCUT2D eigenvalue weighted by atomic mass is 35.5. The minimum Gasteiger partial charge on any atom is -0.235 e. The van der Waals surface area contributed by atoms with Gasteiger partial charge in [0.2, 0.25) is 0 Å². The molecule has 0 radical (unpaired) electrons. The number of carbonyl (C=O) groups excluding carboxylic acids is 4. The summed E-state index contributed by atoms with van der Waals surface area (Å²) in [6.45, 7) is 4.01. The fourth-order valence-electron chi connectivity index (χ4n) is 3.40. The van der Waals surface area contributed by atoms with Crippen molar-refractivity contribution < 1.29 is 32.3 Å². The molecule has 202 valence electrons. The molecule has 0 spiro atoms. The number of hydrogen-bond donors (Lipinski definition) is 0. The van der Waals surface area contributed by atoms with Crippen LogP contribution in [0.25, 0.3) is 22.6 Å². The third-order valence-corrected chi connectivity index (χ3v) is 5.27. The van der Waals surface area contributed by atoms with E-state index in [2.05, 4.69) is 27.1 Å². The normalized spacial score (nSPS) is 10.2. The quantitative estimate of drug-likeness (QED) is 0.309.